The summed E-state index contributed by atoms with van der Waals surface area (Å²) in [5.41, 5.74) is 2.96. The molecule has 0 aliphatic carbocycles. The number of benzene rings is 4. The molecule has 4 aromatic rings. The fourth-order valence-corrected chi connectivity index (χ4v) is 11.7. The van der Waals surface area contributed by atoms with Gasteiger partial charge in [-0.15, -0.1) is 0 Å². The Morgan fingerprint density at radius 3 is 1.80 bits per heavy atom. The van der Waals surface area contributed by atoms with Crippen molar-refractivity contribution in [3.05, 3.63) is 120 Å². The van der Waals surface area contributed by atoms with Crippen LogP contribution in [0.5, 0.6) is 11.5 Å². The van der Waals surface area contributed by atoms with E-state index in [2.05, 4.69) is 42.5 Å². The normalized spacial score (nSPS) is 22.5. The molecule has 0 radical (unpaired) electrons. The van der Waals surface area contributed by atoms with Gasteiger partial charge in [-0.3, -0.25) is 47.9 Å². The molecule has 2 heterocycles. The second-order valence-corrected chi connectivity index (χ2v) is 23.4. The summed E-state index contributed by atoms with van der Waals surface area (Å²) < 4.78 is 0. The number of nitrogens with one attached hydrogen (secondary N) is 8. The van der Waals surface area contributed by atoms with Crippen molar-refractivity contribution in [3.63, 3.8) is 0 Å². The van der Waals surface area contributed by atoms with Crippen molar-refractivity contribution in [1.82, 2.24) is 47.4 Å². The van der Waals surface area contributed by atoms with Gasteiger partial charge in [-0.05, 0) is 97.7 Å². The molecule has 1 unspecified atom stereocenters. The van der Waals surface area contributed by atoms with E-state index >= 15 is 0 Å². The van der Waals surface area contributed by atoms with Crippen LogP contribution in [0.25, 0.3) is 11.1 Å². The zero-order chi connectivity index (χ0) is 60.3. The smallest absolute Gasteiger partial charge is 0.305 e. The second kappa shape index (κ2) is 30.8. The number of phenolic OH excluding ortho intramolecular Hbond substituents is 2. The highest BCUT2D eigenvalue weighted by molar-refractivity contribution is 8.76. The number of phenols is 2. The highest BCUT2D eigenvalue weighted by Gasteiger charge is 2.40. The van der Waals surface area contributed by atoms with E-state index in [0.29, 0.717) is 23.1 Å². The SMILES string of the molecule is CC(C)C[C@H](NC(=O)c1ccc(-c2ccccc2)cc1)C(=O)N1CCC[C@H]1C(=O)N[C@H]1CSSC[C@@H](C)NC(=O)[C@H](C(C)O)NC(=O)CNC(=O)[C@H](Cc2ccc(O)cc2)NC(=O)[C@H](Cc2ccc(O)cc2)NC(=O)[C@H](CC(=O)O)NC1=O. The molecule has 9 amide bonds. The van der Waals surface area contributed by atoms with Crippen molar-refractivity contribution in [2.75, 3.05) is 24.6 Å². The summed E-state index contributed by atoms with van der Waals surface area (Å²) in [6.07, 6.45) is -2.18. The van der Waals surface area contributed by atoms with E-state index < -0.39 is 127 Å². The minimum Gasteiger partial charge on any atom is -0.508 e. The number of likely N-dealkylation sites (tertiary alicyclic amines) is 1. The molecule has 12 N–H and O–H groups in total. The number of hydrogen-bond donors (Lipinski definition) is 12. The van der Waals surface area contributed by atoms with E-state index in [4.69, 9.17) is 0 Å². The van der Waals surface area contributed by atoms with Crippen LogP contribution in [-0.2, 0) is 56.0 Å². The zero-order valence-corrected chi connectivity index (χ0v) is 47.9. The lowest BCUT2D eigenvalue weighted by Gasteiger charge is -2.31. The summed E-state index contributed by atoms with van der Waals surface area (Å²) in [4.78, 5) is 140. The molecular formula is C58H71N9O14S2. The number of aliphatic carboxylic acids is 1. The monoisotopic (exact) mass is 1180 g/mol. The summed E-state index contributed by atoms with van der Waals surface area (Å²) in [5, 5.41) is 61.3. The van der Waals surface area contributed by atoms with Gasteiger partial charge < -0.3 is 67.9 Å². The molecule has 0 bridgehead atoms. The van der Waals surface area contributed by atoms with Crippen molar-refractivity contribution in [2.24, 2.45) is 5.92 Å². The summed E-state index contributed by atoms with van der Waals surface area (Å²) in [6, 6.07) is 16.9. The van der Waals surface area contributed by atoms with Crippen LogP contribution in [0, 0.1) is 5.92 Å². The van der Waals surface area contributed by atoms with Gasteiger partial charge in [0, 0.05) is 42.5 Å². The van der Waals surface area contributed by atoms with Crippen molar-refractivity contribution in [3.8, 4) is 22.6 Å². The Balaban J connectivity index is 1.28. The fraction of sp³-hybridized carbons (Fsp3) is 0.414. The Morgan fingerprint density at radius 1 is 0.663 bits per heavy atom. The molecule has 444 valence electrons. The number of amides is 9. The maximum Gasteiger partial charge on any atom is 0.305 e. The number of carboxylic acid groups (broad SMARTS) is 1. The Bertz CT molecular complexity index is 2940. The van der Waals surface area contributed by atoms with Gasteiger partial charge in [-0.1, -0.05) is 102 Å². The Hall–Kier alpha value is -8.16. The van der Waals surface area contributed by atoms with Gasteiger partial charge in [0.05, 0.1) is 19.1 Å². The van der Waals surface area contributed by atoms with Crippen LogP contribution in [0.2, 0.25) is 0 Å². The number of hydrogen-bond acceptors (Lipinski definition) is 15. The predicted molar refractivity (Wildman–Crippen MR) is 310 cm³/mol. The topological polar surface area (TPSA) is 351 Å². The molecule has 0 spiro atoms. The second-order valence-electron chi connectivity index (χ2n) is 20.9. The zero-order valence-electron chi connectivity index (χ0n) is 46.3. The van der Waals surface area contributed by atoms with E-state index in [1.807, 2.05) is 44.2 Å². The maximum absolute atomic E-state index is 14.5. The minimum absolute atomic E-state index is 0.0717. The quantitative estimate of drug-likeness (QED) is 0.0754. The van der Waals surface area contributed by atoms with Crippen LogP contribution in [0.15, 0.2) is 103 Å². The number of carbonyl (C=O) groups excluding carboxylic acids is 9. The van der Waals surface area contributed by atoms with E-state index in [-0.39, 0.29) is 61.2 Å². The molecule has 2 aliphatic rings. The first-order valence-electron chi connectivity index (χ1n) is 27.1. The molecule has 0 aromatic heterocycles. The highest BCUT2D eigenvalue weighted by Crippen LogP contribution is 2.26. The van der Waals surface area contributed by atoms with Gasteiger partial charge in [0.2, 0.25) is 47.3 Å². The largest absolute Gasteiger partial charge is 0.508 e. The number of aliphatic hydroxyl groups is 1. The molecule has 4 aromatic carbocycles. The minimum atomic E-state index is -1.89. The van der Waals surface area contributed by atoms with E-state index in [0.717, 1.165) is 32.7 Å². The number of aromatic hydroxyl groups is 2. The summed E-state index contributed by atoms with van der Waals surface area (Å²) in [5.74, 6) is -9.41. The van der Waals surface area contributed by atoms with Crippen LogP contribution >= 0.6 is 21.6 Å². The summed E-state index contributed by atoms with van der Waals surface area (Å²) in [7, 11) is 2.22. The lowest BCUT2D eigenvalue weighted by Crippen LogP contribution is -2.60. The molecule has 25 heteroatoms. The van der Waals surface area contributed by atoms with Crippen molar-refractivity contribution in [1.29, 1.82) is 0 Å². The highest BCUT2D eigenvalue weighted by atomic mass is 33.1. The maximum atomic E-state index is 14.5. The van der Waals surface area contributed by atoms with E-state index in [9.17, 15) is 68.4 Å². The molecule has 9 atom stereocenters. The molecule has 83 heavy (non-hydrogen) atoms. The van der Waals surface area contributed by atoms with Crippen molar-refractivity contribution in [2.45, 2.75) is 121 Å². The van der Waals surface area contributed by atoms with Crippen molar-refractivity contribution < 1.29 is 68.4 Å². The van der Waals surface area contributed by atoms with Crippen LogP contribution in [-0.4, -0.2) is 163 Å². The Kier molecular flexibility index (Phi) is 23.7. The molecular weight excluding hydrogens is 1110 g/mol. The molecule has 0 saturated carbocycles. The number of carbonyl (C=O) groups is 10. The molecule has 2 aliphatic heterocycles. The van der Waals surface area contributed by atoms with E-state index in [1.54, 1.807) is 31.2 Å². The van der Waals surface area contributed by atoms with Crippen LogP contribution in [0.4, 0.5) is 0 Å². The molecule has 2 fully saturated rings. The van der Waals surface area contributed by atoms with Gasteiger partial charge in [-0.25, -0.2) is 0 Å². The van der Waals surface area contributed by atoms with Crippen LogP contribution < -0.4 is 42.5 Å². The summed E-state index contributed by atoms with van der Waals surface area (Å²) in [6.45, 7) is 6.09. The lowest BCUT2D eigenvalue weighted by molar-refractivity contribution is -0.142. The first kappa shape index (κ1) is 64.0. The fourth-order valence-electron chi connectivity index (χ4n) is 9.25. The number of nitrogens with zero attached hydrogens (tertiary/aromatic N) is 1. The first-order chi connectivity index (χ1) is 39.5. The molecule has 6 rings (SSSR count). The molecule has 23 nitrogen and oxygen atoms in total. The Labute approximate surface area is 488 Å². The summed E-state index contributed by atoms with van der Waals surface area (Å²) >= 11 is 0. The van der Waals surface area contributed by atoms with E-state index in [1.165, 1.54) is 60.4 Å². The first-order valence-corrected chi connectivity index (χ1v) is 29.6. The predicted octanol–water partition coefficient (Wildman–Crippen LogP) is 1.68. The van der Waals surface area contributed by atoms with Crippen LogP contribution in [0.3, 0.4) is 0 Å². The Morgan fingerprint density at radius 2 is 1.22 bits per heavy atom. The number of carboxylic acids is 1. The molecule has 2 saturated heterocycles. The van der Waals surface area contributed by atoms with Gasteiger partial charge in [0.25, 0.3) is 5.91 Å². The lowest BCUT2D eigenvalue weighted by atomic mass is 10.0. The van der Waals surface area contributed by atoms with Gasteiger partial charge in [0.15, 0.2) is 0 Å². The standard InChI is InChI=1S/C58H71N9O14S2/c1-32(2)25-45(64-51(74)39-18-16-38(17-19-39)37-9-6-5-7-10-37)58(81)67-24-8-11-47(67)56(79)65-46-31-83-82-30-33(3)60-57(80)50(34(4)68)66-48(71)29-59-52(75)42(26-35-12-20-40(69)21-13-35)61-53(76)43(27-36-14-22-41(70)23-15-36)62-54(77)44(28-49(72)73)63-55(46)78/h5-7,9-10,12-23,32-34,42-47,50,68-70H,8,11,24-31H2,1-4H3,(H,59,75)(H,60,80)(H,61,76)(H,62,77)(H,63,78)(H,64,74)(H,65,79)(H,66,71)(H,72,73)/t33-,34?,42+,43+,44+,45+,46+,47+,50+/m1/s1. The number of aliphatic hydroxyl groups excluding tert-OH is 1. The average molecular weight is 1180 g/mol. The van der Waals surface area contributed by atoms with Crippen LogP contribution in [0.1, 0.15) is 74.9 Å². The van der Waals surface area contributed by atoms with Gasteiger partial charge in [-0.2, -0.15) is 0 Å². The van der Waals surface area contributed by atoms with Gasteiger partial charge in [0.1, 0.15) is 53.8 Å². The van der Waals surface area contributed by atoms with Gasteiger partial charge >= 0.3 is 5.97 Å². The third-order valence-corrected chi connectivity index (χ3v) is 16.2. The number of rotatable bonds is 15. The third-order valence-electron chi connectivity index (χ3n) is 13.6. The van der Waals surface area contributed by atoms with Crippen molar-refractivity contribution >= 4 is 80.7 Å². The average Bonchev–Trinajstić information content (AvgIpc) is 4.24. The third kappa shape index (κ3) is 19.5.